The topological polar surface area (TPSA) is 89.2 Å². The van der Waals surface area contributed by atoms with Gasteiger partial charge in [-0.15, -0.1) is 10.2 Å². The Balaban J connectivity index is 1.32. The van der Waals surface area contributed by atoms with E-state index in [0.717, 1.165) is 55.5 Å². The molecular weight excluding hydrogens is 406 g/mol. The molecule has 0 unspecified atom stereocenters. The van der Waals surface area contributed by atoms with Crippen LogP contribution >= 0.6 is 0 Å². The van der Waals surface area contributed by atoms with Crippen molar-refractivity contribution in [1.29, 1.82) is 0 Å². The van der Waals surface area contributed by atoms with Crippen LogP contribution in [-0.4, -0.2) is 65.8 Å². The summed E-state index contributed by atoms with van der Waals surface area (Å²) in [6, 6.07) is 2.03. The monoisotopic (exact) mass is 441 g/mol. The third-order valence-electron chi connectivity index (χ3n) is 6.57. The SMILES string of the molecule is Cc1cc(C)n(CCC(=O)N2CCn3c(nnc3C3CCN(C(=O)CC(C)C)CC3)C2)n1. The Hall–Kier alpha value is -2.71. The van der Waals surface area contributed by atoms with Gasteiger partial charge in [0.25, 0.3) is 0 Å². The molecule has 4 heterocycles. The summed E-state index contributed by atoms with van der Waals surface area (Å²) >= 11 is 0. The van der Waals surface area contributed by atoms with Gasteiger partial charge >= 0.3 is 0 Å². The first-order valence-corrected chi connectivity index (χ1v) is 11.8. The first-order valence-electron chi connectivity index (χ1n) is 11.8. The van der Waals surface area contributed by atoms with E-state index in [1.54, 1.807) is 0 Å². The van der Waals surface area contributed by atoms with Crippen molar-refractivity contribution in [3.8, 4) is 0 Å². The van der Waals surface area contributed by atoms with Gasteiger partial charge in [-0.2, -0.15) is 5.10 Å². The van der Waals surface area contributed by atoms with Crippen LogP contribution in [0.4, 0.5) is 0 Å². The van der Waals surface area contributed by atoms with Gasteiger partial charge in [-0.25, -0.2) is 0 Å². The molecule has 2 aromatic heterocycles. The second-order valence-corrected chi connectivity index (χ2v) is 9.59. The number of nitrogens with zero attached hydrogens (tertiary/aromatic N) is 7. The predicted octanol–water partition coefficient (Wildman–Crippen LogP) is 2.28. The van der Waals surface area contributed by atoms with Crippen LogP contribution in [0.25, 0.3) is 0 Å². The first-order chi connectivity index (χ1) is 15.3. The number of carbonyl (C=O) groups excluding carboxylic acids is 2. The van der Waals surface area contributed by atoms with Crippen LogP contribution in [0.15, 0.2) is 6.07 Å². The molecule has 0 aliphatic carbocycles. The standard InChI is InChI=1S/C23H35N7O2/c1-16(2)13-22(32)27-8-5-19(6-9-27)23-25-24-20-15-28(11-12-29(20)23)21(31)7-10-30-18(4)14-17(3)26-30/h14,16,19H,5-13,15H2,1-4H3. The lowest BCUT2D eigenvalue weighted by molar-refractivity contribution is -0.133. The number of likely N-dealkylation sites (tertiary alicyclic amines) is 1. The van der Waals surface area contributed by atoms with E-state index < -0.39 is 0 Å². The smallest absolute Gasteiger partial charge is 0.224 e. The molecular formula is C23H35N7O2. The average molecular weight is 442 g/mol. The maximum absolute atomic E-state index is 12.8. The summed E-state index contributed by atoms with van der Waals surface area (Å²) in [6.07, 6.45) is 2.90. The van der Waals surface area contributed by atoms with Gasteiger partial charge in [0.15, 0.2) is 5.82 Å². The van der Waals surface area contributed by atoms with Crippen molar-refractivity contribution in [3.63, 3.8) is 0 Å². The third-order valence-corrected chi connectivity index (χ3v) is 6.57. The van der Waals surface area contributed by atoms with E-state index in [0.29, 0.717) is 44.3 Å². The van der Waals surface area contributed by atoms with Crippen LogP contribution in [0.5, 0.6) is 0 Å². The summed E-state index contributed by atoms with van der Waals surface area (Å²) in [6.45, 7) is 12.2. The fourth-order valence-corrected chi connectivity index (χ4v) is 4.82. The molecule has 0 N–H and O–H groups in total. The van der Waals surface area contributed by atoms with Crippen molar-refractivity contribution in [1.82, 2.24) is 34.3 Å². The number of carbonyl (C=O) groups is 2. The Morgan fingerprint density at radius 1 is 1.03 bits per heavy atom. The Bertz CT molecular complexity index is 969. The molecule has 4 rings (SSSR count). The minimum Gasteiger partial charge on any atom is -0.343 e. The van der Waals surface area contributed by atoms with Crippen LogP contribution in [0, 0.1) is 19.8 Å². The number of hydrogen-bond acceptors (Lipinski definition) is 5. The van der Waals surface area contributed by atoms with E-state index in [-0.39, 0.29) is 11.8 Å². The predicted molar refractivity (Wildman–Crippen MR) is 120 cm³/mol. The highest BCUT2D eigenvalue weighted by atomic mass is 16.2. The van der Waals surface area contributed by atoms with Gasteiger partial charge in [-0.1, -0.05) is 13.8 Å². The van der Waals surface area contributed by atoms with Gasteiger partial charge in [0.05, 0.1) is 12.2 Å². The second kappa shape index (κ2) is 9.42. The number of hydrogen-bond donors (Lipinski definition) is 0. The molecule has 0 atom stereocenters. The molecule has 0 radical (unpaired) electrons. The van der Waals surface area contributed by atoms with Gasteiger partial charge < -0.3 is 14.4 Å². The highest BCUT2D eigenvalue weighted by Crippen LogP contribution is 2.29. The average Bonchev–Trinajstić information content (AvgIpc) is 3.33. The lowest BCUT2D eigenvalue weighted by atomic mass is 9.95. The number of fused-ring (bicyclic) bond motifs is 1. The van der Waals surface area contributed by atoms with E-state index in [4.69, 9.17) is 0 Å². The Morgan fingerprint density at radius 3 is 2.44 bits per heavy atom. The lowest BCUT2D eigenvalue weighted by Crippen LogP contribution is -2.41. The van der Waals surface area contributed by atoms with Gasteiger partial charge in [0, 0.05) is 57.2 Å². The summed E-state index contributed by atoms with van der Waals surface area (Å²) in [7, 11) is 0. The molecule has 174 valence electrons. The lowest BCUT2D eigenvalue weighted by Gasteiger charge is -2.33. The molecule has 0 bridgehead atoms. The molecule has 9 nitrogen and oxygen atoms in total. The van der Waals surface area contributed by atoms with Crippen molar-refractivity contribution in [3.05, 3.63) is 29.1 Å². The molecule has 0 saturated carbocycles. The Morgan fingerprint density at radius 2 is 1.78 bits per heavy atom. The summed E-state index contributed by atoms with van der Waals surface area (Å²) in [5, 5.41) is 13.4. The van der Waals surface area contributed by atoms with Crippen LogP contribution in [0.1, 0.15) is 68.5 Å². The number of aryl methyl sites for hydroxylation is 3. The van der Waals surface area contributed by atoms with Crippen molar-refractivity contribution >= 4 is 11.8 Å². The highest BCUT2D eigenvalue weighted by molar-refractivity contribution is 5.76. The molecule has 0 aromatic carbocycles. The van der Waals surface area contributed by atoms with Gasteiger partial charge in [-0.3, -0.25) is 14.3 Å². The molecule has 2 aliphatic rings. The summed E-state index contributed by atoms with van der Waals surface area (Å²) in [5.74, 6) is 2.99. The minimum absolute atomic E-state index is 0.130. The fourth-order valence-electron chi connectivity index (χ4n) is 4.82. The van der Waals surface area contributed by atoms with Crippen LogP contribution < -0.4 is 0 Å². The number of amides is 2. The van der Waals surface area contributed by atoms with Crippen molar-refractivity contribution in [2.45, 2.75) is 78.9 Å². The van der Waals surface area contributed by atoms with E-state index >= 15 is 0 Å². The molecule has 9 heteroatoms. The maximum atomic E-state index is 12.8. The minimum atomic E-state index is 0.130. The molecule has 2 aliphatic heterocycles. The zero-order valence-corrected chi connectivity index (χ0v) is 19.8. The molecule has 2 amide bonds. The van der Waals surface area contributed by atoms with Crippen molar-refractivity contribution in [2.75, 3.05) is 19.6 Å². The zero-order valence-electron chi connectivity index (χ0n) is 19.8. The summed E-state index contributed by atoms with van der Waals surface area (Å²) in [4.78, 5) is 29.0. The van der Waals surface area contributed by atoms with Crippen molar-refractivity contribution < 1.29 is 9.59 Å². The van der Waals surface area contributed by atoms with E-state index in [1.165, 1.54) is 0 Å². The van der Waals surface area contributed by atoms with E-state index in [1.807, 2.05) is 34.4 Å². The third kappa shape index (κ3) is 4.86. The number of piperidine rings is 1. The second-order valence-electron chi connectivity index (χ2n) is 9.59. The van der Waals surface area contributed by atoms with Crippen LogP contribution in [-0.2, 0) is 29.2 Å². The fraction of sp³-hybridized carbons (Fsp3) is 0.696. The maximum Gasteiger partial charge on any atom is 0.224 e. The normalized spacial score (nSPS) is 17.2. The summed E-state index contributed by atoms with van der Waals surface area (Å²) < 4.78 is 4.09. The largest absolute Gasteiger partial charge is 0.343 e. The zero-order chi connectivity index (χ0) is 22.8. The number of rotatable bonds is 6. The first kappa shape index (κ1) is 22.5. The molecule has 2 aromatic rings. The van der Waals surface area contributed by atoms with E-state index in [2.05, 4.69) is 33.7 Å². The summed E-state index contributed by atoms with van der Waals surface area (Å²) in [5.41, 5.74) is 2.05. The van der Waals surface area contributed by atoms with Crippen LogP contribution in [0.2, 0.25) is 0 Å². The Labute approximate surface area is 189 Å². The van der Waals surface area contributed by atoms with Gasteiger partial charge in [0.1, 0.15) is 5.82 Å². The van der Waals surface area contributed by atoms with Gasteiger partial charge in [-0.05, 0) is 38.7 Å². The molecule has 32 heavy (non-hydrogen) atoms. The molecule has 1 saturated heterocycles. The molecule has 0 spiro atoms. The highest BCUT2D eigenvalue weighted by Gasteiger charge is 2.31. The molecule has 1 fully saturated rings. The Kier molecular flexibility index (Phi) is 6.62. The quantitative estimate of drug-likeness (QED) is 0.686. The van der Waals surface area contributed by atoms with Crippen molar-refractivity contribution in [2.24, 2.45) is 5.92 Å². The van der Waals surface area contributed by atoms with E-state index in [9.17, 15) is 9.59 Å². The number of aromatic nitrogens is 5. The van der Waals surface area contributed by atoms with Gasteiger partial charge in [0.2, 0.25) is 11.8 Å². The van der Waals surface area contributed by atoms with Crippen LogP contribution in [0.3, 0.4) is 0 Å².